The number of benzene rings is 1. The molecule has 5 rings (SSSR count). The summed E-state index contributed by atoms with van der Waals surface area (Å²) in [6.07, 6.45) is 6.10. The van der Waals surface area contributed by atoms with Crippen LogP contribution in [0.4, 0.5) is 0 Å². The molecule has 2 aliphatic carbocycles. The van der Waals surface area contributed by atoms with Gasteiger partial charge in [0.25, 0.3) is 0 Å². The van der Waals surface area contributed by atoms with E-state index in [0.717, 1.165) is 49.0 Å². The number of fused-ring (bicyclic) bond motifs is 2. The van der Waals surface area contributed by atoms with E-state index in [0.29, 0.717) is 22.4 Å². The smallest absolute Gasteiger partial charge is 0.341 e. The van der Waals surface area contributed by atoms with Crippen LogP contribution < -0.4 is 15.9 Å². The second-order valence-corrected chi connectivity index (χ2v) is 7.85. The first-order chi connectivity index (χ1) is 14.0. The SMILES string of the molecule is COc1c(-c2cc3c(o2)CCCC3N)ccc2c(=O)c(C(=O)O)cn(C3CC3)c12. The molecule has 7 heteroatoms. The molecule has 2 aromatic heterocycles. The van der Waals surface area contributed by atoms with E-state index in [9.17, 15) is 14.7 Å². The topological polar surface area (TPSA) is 108 Å². The van der Waals surface area contributed by atoms with Gasteiger partial charge in [-0.3, -0.25) is 4.79 Å². The number of nitrogens with two attached hydrogens (primary N) is 1. The summed E-state index contributed by atoms with van der Waals surface area (Å²) in [6, 6.07) is 5.53. The van der Waals surface area contributed by atoms with E-state index in [2.05, 4.69) is 0 Å². The summed E-state index contributed by atoms with van der Waals surface area (Å²) in [5, 5.41) is 9.80. The summed E-state index contributed by atoms with van der Waals surface area (Å²) in [5.74, 6) is 0.857. The van der Waals surface area contributed by atoms with Crippen molar-refractivity contribution in [3.8, 4) is 17.1 Å². The average molecular weight is 394 g/mol. The molecule has 2 heterocycles. The van der Waals surface area contributed by atoms with Gasteiger partial charge in [-0.2, -0.15) is 0 Å². The van der Waals surface area contributed by atoms with E-state index in [1.165, 1.54) is 6.20 Å². The second-order valence-electron chi connectivity index (χ2n) is 7.85. The van der Waals surface area contributed by atoms with Crippen LogP contribution in [-0.4, -0.2) is 22.8 Å². The third-order valence-electron chi connectivity index (χ3n) is 5.95. The van der Waals surface area contributed by atoms with Crippen LogP contribution in [0.1, 0.15) is 59.4 Å². The first kappa shape index (κ1) is 18.0. The molecule has 1 unspecified atom stereocenters. The number of carboxylic acids is 1. The molecule has 2 aliphatic rings. The van der Waals surface area contributed by atoms with Crippen molar-refractivity contribution in [1.29, 1.82) is 0 Å². The Morgan fingerprint density at radius 1 is 1.31 bits per heavy atom. The summed E-state index contributed by atoms with van der Waals surface area (Å²) in [6.45, 7) is 0. The number of carboxylic acid groups (broad SMARTS) is 1. The van der Waals surface area contributed by atoms with Crippen LogP contribution in [0.3, 0.4) is 0 Å². The number of hydrogen-bond donors (Lipinski definition) is 2. The number of aromatic nitrogens is 1. The van der Waals surface area contributed by atoms with Gasteiger partial charge in [0.1, 0.15) is 17.1 Å². The van der Waals surface area contributed by atoms with Gasteiger partial charge < -0.3 is 24.6 Å². The Morgan fingerprint density at radius 3 is 2.76 bits per heavy atom. The van der Waals surface area contributed by atoms with E-state index in [4.69, 9.17) is 14.9 Å². The summed E-state index contributed by atoms with van der Waals surface area (Å²) in [4.78, 5) is 24.4. The minimum atomic E-state index is -1.22. The first-order valence-electron chi connectivity index (χ1n) is 9.87. The minimum Gasteiger partial charge on any atom is -0.494 e. The molecule has 150 valence electrons. The maximum absolute atomic E-state index is 12.8. The molecule has 1 saturated carbocycles. The van der Waals surface area contributed by atoms with E-state index in [1.807, 2.05) is 10.6 Å². The number of furan rings is 1. The number of methoxy groups -OCH3 is 1. The molecule has 0 bridgehead atoms. The lowest BCUT2D eigenvalue weighted by Crippen LogP contribution is -2.19. The van der Waals surface area contributed by atoms with Crippen LogP contribution in [0.2, 0.25) is 0 Å². The van der Waals surface area contributed by atoms with Crippen molar-refractivity contribution >= 4 is 16.9 Å². The lowest BCUT2D eigenvalue weighted by molar-refractivity contribution is 0.0695. The minimum absolute atomic E-state index is 0.0366. The number of rotatable bonds is 4. The van der Waals surface area contributed by atoms with Crippen molar-refractivity contribution in [1.82, 2.24) is 4.57 Å². The lowest BCUT2D eigenvalue weighted by Gasteiger charge is -2.16. The van der Waals surface area contributed by atoms with Crippen LogP contribution in [0, 0.1) is 0 Å². The van der Waals surface area contributed by atoms with Gasteiger partial charge in [-0.15, -0.1) is 0 Å². The monoisotopic (exact) mass is 394 g/mol. The van der Waals surface area contributed by atoms with Gasteiger partial charge in [-0.25, -0.2) is 4.79 Å². The van der Waals surface area contributed by atoms with E-state index in [-0.39, 0.29) is 17.6 Å². The second kappa shape index (κ2) is 6.49. The van der Waals surface area contributed by atoms with Gasteiger partial charge in [0.15, 0.2) is 5.75 Å². The maximum Gasteiger partial charge on any atom is 0.341 e. The molecule has 0 amide bonds. The number of hydrogen-bond acceptors (Lipinski definition) is 5. The zero-order chi connectivity index (χ0) is 20.3. The summed E-state index contributed by atoms with van der Waals surface area (Å²) < 4.78 is 13.7. The van der Waals surface area contributed by atoms with Crippen molar-refractivity contribution in [3.63, 3.8) is 0 Å². The fraction of sp³-hybridized carbons (Fsp3) is 0.364. The Labute approximate surface area is 166 Å². The Morgan fingerprint density at radius 2 is 2.10 bits per heavy atom. The predicted octanol–water partition coefficient (Wildman–Crippen LogP) is 3.64. The summed E-state index contributed by atoms with van der Waals surface area (Å²) in [7, 11) is 1.56. The summed E-state index contributed by atoms with van der Waals surface area (Å²) in [5.41, 5.74) is 7.88. The predicted molar refractivity (Wildman–Crippen MR) is 108 cm³/mol. The van der Waals surface area contributed by atoms with E-state index >= 15 is 0 Å². The quantitative estimate of drug-likeness (QED) is 0.699. The van der Waals surface area contributed by atoms with Crippen LogP contribution in [-0.2, 0) is 6.42 Å². The van der Waals surface area contributed by atoms with Gasteiger partial charge >= 0.3 is 5.97 Å². The summed E-state index contributed by atoms with van der Waals surface area (Å²) >= 11 is 0. The van der Waals surface area contributed by atoms with Crippen molar-refractivity contribution in [2.45, 2.75) is 44.2 Å². The van der Waals surface area contributed by atoms with Crippen molar-refractivity contribution in [3.05, 3.63) is 51.5 Å². The average Bonchev–Trinajstić information content (AvgIpc) is 3.45. The molecule has 0 radical (unpaired) electrons. The van der Waals surface area contributed by atoms with Gasteiger partial charge in [-0.1, -0.05) is 0 Å². The highest BCUT2D eigenvalue weighted by Crippen LogP contribution is 2.44. The molecule has 0 saturated heterocycles. The third kappa shape index (κ3) is 2.76. The largest absolute Gasteiger partial charge is 0.494 e. The Kier molecular flexibility index (Phi) is 4.03. The highest BCUT2D eigenvalue weighted by atomic mass is 16.5. The standard InChI is InChI=1S/C22H22N2O5/c1-28-21-12(18-9-14-16(23)3-2-4-17(14)29-18)7-8-13-19(21)24(11-5-6-11)10-15(20(13)25)22(26)27/h7-11,16H,2-6,23H2,1H3,(H,26,27). The zero-order valence-corrected chi connectivity index (χ0v) is 16.1. The fourth-order valence-corrected chi connectivity index (χ4v) is 4.33. The van der Waals surface area contributed by atoms with Gasteiger partial charge in [0.2, 0.25) is 5.43 Å². The molecule has 0 spiro atoms. The molecule has 3 N–H and O–H groups in total. The van der Waals surface area contributed by atoms with Crippen LogP contribution in [0.15, 0.2) is 33.6 Å². The Bertz CT molecular complexity index is 1200. The molecule has 1 aromatic carbocycles. The molecular formula is C22H22N2O5. The number of pyridine rings is 1. The highest BCUT2D eigenvalue weighted by Gasteiger charge is 2.30. The van der Waals surface area contributed by atoms with Crippen molar-refractivity contribution < 1.29 is 19.1 Å². The molecule has 0 aliphatic heterocycles. The molecular weight excluding hydrogens is 372 g/mol. The van der Waals surface area contributed by atoms with Crippen LogP contribution >= 0.6 is 0 Å². The van der Waals surface area contributed by atoms with Gasteiger partial charge in [-0.05, 0) is 43.9 Å². The number of aryl methyl sites for hydroxylation is 1. The number of carbonyl (C=O) groups is 1. The third-order valence-corrected chi connectivity index (χ3v) is 5.95. The molecule has 1 atom stereocenters. The molecule has 29 heavy (non-hydrogen) atoms. The number of ether oxygens (including phenoxy) is 1. The Hall–Kier alpha value is -3.06. The van der Waals surface area contributed by atoms with Crippen molar-refractivity contribution in [2.75, 3.05) is 7.11 Å². The van der Waals surface area contributed by atoms with E-state index in [1.54, 1.807) is 19.2 Å². The normalized spacial score (nSPS) is 18.6. The van der Waals surface area contributed by atoms with E-state index < -0.39 is 11.4 Å². The van der Waals surface area contributed by atoms with Crippen molar-refractivity contribution in [2.24, 2.45) is 5.73 Å². The van der Waals surface area contributed by atoms with Gasteiger partial charge in [0, 0.05) is 30.3 Å². The lowest BCUT2D eigenvalue weighted by atomic mass is 9.94. The number of aromatic carboxylic acids is 1. The number of nitrogens with zero attached hydrogens (tertiary/aromatic N) is 1. The van der Waals surface area contributed by atoms with Crippen LogP contribution in [0.25, 0.3) is 22.2 Å². The van der Waals surface area contributed by atoms with Gasteiger partial charge in [0.05, 0.1) is 23.6 Å². The maximum atomic E-state index is 12.8. The highest BCUT2D eigenvalue weighted by molar-refractivity contribution is 5.97. The van der Waals surface area contributed by atoms with Crippen LogP contribution in [0.5, 0.6) is 5.75 Å². The Balaban J connectivity index is 1.79. The first-order valence-corrected chi connectivity index (χ1v) is 9.87. The zero-order valence-electron chi connectivity index (χ0n) is 16.1. The molecule has 3 aromatic rings. The molecule has 7 nitrogen and oxygen atoms in total. The fourth-order valence-electron chi connectivity index (χ4n) is 4.33. The molecule has 1 fully saturated rings.